The monoisotopic (exact) mass is 862 g/mol. The van der Waals surface area contributed by atoms with Gasteiger partial charge in [0.2, 0.25) is 5.88 Å². The Balaban J connectivity index is 0.00000504. The molecule has 0 saturated heterocycles. The van der Waals surface area contributed by atoms with Crippen LogP contribution in [-0.2, 0) is 31.9 Å². The van der Waals surface area contributed by atoms with E-state index in [1.54, 1.807) is 6.20 Å². The largest absolute Gasteiger partial charge is 2.00 e. The normalized spacial score (nSPS) is 12.1. The third-order valence-corrected chi connectivity index (χ3v) is 9.06. The smallest absolute Gasteiger partial charge is 0.508 e. The summed E-state index contributed by atoms with van der Waals surface area (Å²) in [6.45, 7) is 26.0. The van der Waals surface area contributed by atoms with Gasteiger partial charge in [0.05, 0.1) is 17.1 Å². The molecule has 0 N–H and O–H groups in total. The number of hydrogen-bond donors (Lipinski definition) is 0. The Morgan fingerprint density at radius 1 is 0.765 bits per heavy atom. The van der Waals surface area contributed by atoms with Crippen molar-refractivity contribution in [2.75, 3.05) is 0 Å². The standard InChI is InChI=1S/C43H49N5O2.Pt/c1-26(2)39-40(27(3)4)47-25-35(24-36(41(47)45-39)50-37-22-31(18-19-44-37)42(7,8)9)49-34-21-32(43(10,11)12)20-33(23-34)48-29(6)38(28(5)46-48)30-16-14-13-15-17-30;/h13-22,25-27H,1-12H3;/q-2;+2. The number of rotatable bonds is 8. The van der Waals surface area contributed by atoms with Gasteiger partial charge in [-0.2, -0.15) is 5.10 Å². The van der Waals surface area contributed by atoms with Gasteiger partial charge in [0.15, 0.2) is 0 Å². The molecule has 4 aromatic heterocycles. The van der Waals surface area contributed by atoms with E-state index in [2.05, 4.69) is 141 Å². The van der Waals surface area contributed by atoms with Gasteiger partial charge in [-0.25, -0.2) is 4.98 Å². The maximum absolute atomic E-state index is 6.71. The summed E-state index contributed by atoms with van der Waals surface area (Å²) >= 11 is 0. The van der Waals surface area contributed by atoms with Crippen LogP contribution in [-0.4, -0.2) is 24.1 Å². The minimum atomic E-state index is -0.159. The van der Waals surface area contributed by atoms with Gasteiger partial charge < -0.3 is 13.9 Å². The van der Waals surface area contributed by atoms with Crippen LogP contribution in [0.4, 0.5) is 0 Å². The summed E-state index contributed by atoms with van der Waals surface area (Å²) in [5.41, 5.74) is 9.87. The number of aryl methyl sites for hydroxylation is 1. The fourth-order valence-electron chi connectivity index (χ4n) is 6.38. The molecule has 0 aliphatic carbocycles. The molecule has 7 nitrogen and oxygen atoms in total. The van der Waals surface area contributed by atoms with Crippen LogP contribution in [0.25, 0.3) is 22.5 Å². The van der Waals surface area contributed by atoms with Crippen molar-refractivity contribution in [1.29, 1.82) is 0 Å². The minimum absolute atomic E-state index is 0. The molecular weight excluding hydrogens is 814 g/mol. The van der Waals surface area contributed by atoms with E-state index >= 15 is 0 Å². The van der Waals surface area contributed by atoms with Crippen LogP contribution in [0.2, 0.25) is 0 Å². The fourth-order valence-corrected chi connectivity index (χ4v) is 6.38. The number of fused-ring (bicyclic) bond motifs is 1. The molecule has 0 radical (unpaired) electrons. The Hall–Kier alpha value is -4.22. The van der Waals surface area contributed by atoms with Crippen molar-refractivity contribution in [2.24, 2.45) is 0 Å². The average molecular weight is 863 g/mol. The van der Waals surface area contributed by atoms with Gasteiger partial charge in [0.25, 0.3) is 0 Å². The van der Waals surface area contributed by atoms with Crippen LogP contribution in [0.3, 0.4) is 0 Å². The van der Waals surface area contributed by atoms with Crippen LogP contribution < -0.4 is 9.47 Å². The van der Waals surface area contributed by atoms with Gasteiger partial charge in [-0.3, -0.25) is 9.67 Å². The molecule has 6 aromatic rings. The molecule has 0 unspecified atom stereocenters. The zero-order chi connectivity index (χ0) is 36.1. The number of benzene rings is 2. The number of imidazole rings is 1. The Labute approximate surface area is 317 Å². The topological polar surface area (TPSA) is 66.5 Å². The zero-order valence-corrected chi connectivity index (χ0v) is 34.1. The minimum Gasteiger partial charge on any atom is -0.508 e. The molecule has 268 valence electrons. The maximum Gasteiger partial charge on any atom is 2.00 e. The second-order valence-corrected chi connectivity index (χ2v) is 15.9. The van der Waals surface area contributed by atoms with Gasteiger partial charge in [-0.15, -0.1) is 23.8 Å². The van der Waals surface area contributed by atoms with Gasteiger partial charge in [0.1, 0.15) is 0 Å². The molecule has 4 heterocycles. The van der Waals surface area contributed by atoms with Crippen molar-refractivity contribution >= 4 is 5.65 Å². The molecule has 51 heavy (non-hydrogen) atoms. The van der Waals surface area contributed by atoms with Crippen LogP contribution in [0.15, 0.2) is 67.0 Å². The molecule has 0 fully saturated rings. The Bertz CT molecular complexity index is 2170. The van der Waals surface area contributed by atoms with Crippen molar-refractivity contribution < 1.29 is 30.5 Å². The molecule has 8 heteroatoms. The first-order valence-corrected chi connectivity index (χ1v) is 17.5. The van der Waals surface area contributed by atoms with E-state index in [0.29, 0.717) is 28.8 Å². The number of pyridine rings is 2. The van der Waals surface area contributed by atoms with Crippen LogP contribution in [0, 0.1) is 26.0 Å². The number of hydrogen-bond acceptors (Lipinski definition) is 5. The van der Waals surface area contributed by atoms with E-state index in [1.165, 1.54) is 0 Å². The van der Waals surface area contributed by atoms with E-state index < -0.39 is 0 Å². The fraction of sp³-hybridized carbons (Fsp3) is 0.372. The van der Waals surface area contributed by atoms with Crippen LogP contribution in [0.1, 0.15) is 115 Å². The van der Waals surface area contributed by atoms with Crippen molar-refractivity contribution in [1.82, 2.24) is 24.1 Å². The molecule has 0 bridgehead atoms. The second kappa shape index (κ2) is 14.4. The van der Waals surface area contributed by atoms with E-state index in [4.69, 9.17) is 19.6 Å². The van der Waals surface area contributed by atoms with E-state index in [-0.39, 0.29) is 43.7 Å². The molecule has 0 amide bonds. The summed E-state index contributed by atoms with van der Waals surface area (Å²) in [7, 11) is 0. The molecule has 0 aliphatic heterocycles. The number of ether oxygens (including phenoxy) is 2. The quantitative estimate of drug-likeness (QED) is 0.143. The zero-order valence-electron chi connectivity index (χ0n) is 31.9. The van der Waals surface area contributed by atoms with Gasteiger partial charge >= 0.3 is 21.1 Å². The molecule has 0 atom stereocenters. The SMILES string of the molecule is Cc1nn(-c2[c-]c(Oc3[c-]c(Oc4cc(C(C)(C)C)ccn4)c4nc(C(C)C)c(C(C)C)n4c3)cc(C(C)(C)C)c2)c(C)c1-c1ccccc1.[Pt+2]. The van der Waals surface area contributed by atoms with Crippen LogP contribution >= 0.6 is 0 Å². The van der Waals surface area contributed by atoms with E-state index in [0.717, 1.165) is 50.7 Å². The molecular formula is C43H49N5O2Pt. The van der Waals surface area contributed by atoms with Crippen molar-refractivity contribution in [3.05, 3.63) is 113 Å². The van der Waals surface area contributed by atoms with E-state index in [9.17, 15) is 0 Å². The van der Waals surface area contributed by atoms with Crippen molar-refractivity contribution in [3.63, 3.8) is 0 Å². The van der Waals surface area contributed by atoms with E-state index in [1.807, 2.05) is 29.1 Å². The molecule has 2 aromatic carbocycles. The number of nitrogens with zero attached hydrogens (tertiary/aromatic N) is 5. The summed E-state index contributed by atoms with van der Waals surface area (Å²) in [6, 6.07) is 25.6. The summed E-state index contributed by atoms with van der Waals surface area (Å²) in [6.07, 6.45) is 3.75. The maximum atomic E-state index is 6.71. The third-order valence-electron chi connectivity index (χ3n) is 9.06. The summed E-state index contributed by atoms with van der Waals surface area (Å²) in [5.74, 6) is 2.41. The van der Waals surface area contributed by atoms with Gasteiger partial charge in [-0.1, -0.05) is 112 Å². The Kier molecular flexibility index (Phi) is 10.8. The molecule has 6 rings (SSSR count). The van der Waals surface area contributed by atoms with Gasteiger partial charge in [0, 0.05) is 46.4 Å². The molecule has 0 saturated carbocycles. The first kappa shape index (κ1) is 38.0. The van der Waals surface area contributed by atoms with Crippen LogP contribution in [0.5, 0.6) is 23.1 Å². The summed E-state index contributed by atoms with van der Waals surface area (Å²) < 4.78 is 17.3. The first-order chi connectivity index (χ1) is 23.5. The summed E-state index contributed by atoms with van der Waals surface area (Å²) in [4.78, 5) is 9.65. The third kappa shape index (κ3) is 7.84. The Morgan fingerprint density at radius 2 is 1.45 bits per heavy atom. The Morgan fingerprint density at radius 3 is 2.08 bits per heavy atom. The number of aromatic nitrogens is 5. The average Bonchev–Trinajstić information content (AvgIpc) is 3.58. The predicted octanol–water partition coefficient (Wildman–Crippen LogP) is 11.2. The van der Waals surface area contributed by atoms with Gasteiger partial charge in [-0.05, 0) is 59.4 Å². The van der Waals surface area contributed by atoms with Crippen molar-refractivity contribution in [3.8, 4) is 39.9 Å². The first-order valence-electron chi connectivity index (χ1n) is 17.5. The molecule has 0 aliphatic rings. The second-order valence-electron chi connectivity index (χ2n) is 15.9. The van der Waals surface area contributed by atoms with Crippen molar-refractivity contribution in [2.45, 2.75) is 106 Å². The predicted molar refractivity (Wildman–Crippen MR) is 201 cm³/mol. The summed E-state index contributed by atoms with van der Waals surface area (Å²) in [5, 5.41) is 4.99. The molecule has 0 spiro atoms.